The summed E-state index contributed by atoms with van der Waals surface area (Å²) in [5.41, 5.74) is 1.62. The fraction of sp³-hybridized carbons (Fsp3) is 0.545. The Balaban J connectivity index is 1.43. The van der Waals surface area contributed by atoms with Crippen LogP contribution in [0.3, 0.4) is 0 Å². The van der Waals surface area contributed by atoms with Crippen molar-refractivity contribution in [2.75, 3.05) is 13.1 Å². The van der Waals surface area contributed by atoms with Crippen molar-refractivity contribution in [3.63, 3.8) is 0 Å². The number of likely N-dealkylation sites (tertiary alicyclic amines) is 1. The molecule has 0 bridgehead atoms. The lowest BCUT2D eigenvalue weighted by molar-refractivity contribution is -0.117. The molecule has 0 unspecified atom stereocenters. The summed E-state index contributed by atoms with van der Waals surface area (Å²) >= 11 is 0. The number of carbonyl (C=O) groups is 2. The van der Waals surface area contributed by atoms with Gasteiger partial charge in [0.25, 0.3) is 0 Å². The molecule has 6 heteroatoms. The first kappa shape index (κ1) is 20.4. The number of hydrogen-bond donors (Lipinski definition) is 2. The Hall–Kier alpha value is -2.37. The zero-order chi connectivity index (χ0) is 19.9. The molecule has 3 rings (SSSR count). The number of halogens is 1. The van der Waals surface area contributed by atoms with Crippen LogP contribution in [-0.4, -0.2) is 42.0 Å². The number of hydrogen-bond acceptors (Lipinski definition) is 2. The summed E-state index contributed by atoms with van der Waals surface area (Å²) < 4.78 is 13.0. The Bertz CT molecular complexity index is 703. The highest BCUT2D eigenvalue weighted by atomic mass is 19.1. The number of carbonyl (C=O) groups excluding carboxylic acids is 2. The first-order valence-electron chi connectivity index (χ1n) is 10.3. The van der Waals surface area contributed by atoms with Crippen molar-refractivity contribution in [1.82, 2.24) is 15.5 Å². The second kappa shape index (κ2) is 9.71. The topological polar surface area (TPSA) is 61.4 Å². The molecule has 2 fully saturated rings. The van der Waals surface area contributed by atoms with Crippen LogP contribution in [0.2, 0.25) is 0 Å². The number of allylic oxidation sites excluding steroid dienone is 1. The van der Waals surface area contributed by atoms with Gasteiger partial charge >= 0.3 is 6.03 Å². The highest BCUT2D eigenvalue weighted by Crippen LogP contribution is 2.19. The summed E-state index contributed by atoms with van der Waals surface area (Å²) in [5, 5.41) is 6.18. The molecule has 0 aromatic heterocycles. The van der Waals surface area contributed by atoms with Crippen LogP contribution in [0.5, 0.6) is 0 Å². The average molecular weight is 387 g/mol. The van der Waals surface area contributed by atoms with E-state index in [4.69, 9.17) is 0 Å². The van der Waals surface area contributed by atoms with E-state index in [1.807, 2.05) is 11.8 Å². The summed E-state index contributed by atoms with van der Waals surface area (Å²) in [6.45, 7) is 3.15. The Kier molecular flexibility index (Phi) is 7.06. The first-order chi connectivity index (χ1) is 13.5. The van der Waals surface area contributed by atoms with Gasteiger partial charge in [-0.25, -0.2) is 9.18 Å². The Morgan fingerprint density at radius 3 is 2.21 bits per heavy atom. The quantitative estimate of drug-likeness (QED) is 0.771. The van der Waals surface area contributed by atoms with Crippen LogP contribution in [-0.2, 0) is 4.79 Å². The van der Waals surface area contributed by atoms with E-state index in [2.05, 4.69) is 10.6 Å². The monoisotopic (exact) mass is 387 g/mol. The fourth-order valence-electron chi connectivity index (χ4n) is 3.98. The van der Waals surface area contributed by atoms with E-state index in [0.717, 1.165) is 36.8 Å². The molecule has 1 saturated heterocycles. The second-order valence-electron chi connectivity index (χ2n) is 7.89. The standard InChI is InChI=1S/C22H30FN3O2/c1-16(17-7-9-18(23)10-8-17)15-21(27)24-20-11-13-26(14-12-20)22(28)25-19-5-3-2-4-6-19/h7-10,15,19-20H,2-6,11-14H2,1H3,(H,24,27)(H,25,28)/b16-15+. The summed E-state index contributed by atoms with van der Waals surface area (Å²) in [5.74, 6) is -0.438. The molecule has 152 valence electrons. The summed E-state index contributed by atoms with van der Waals surface area (Å²) in [4.78, 5) is 26.6. The molecule has 1 aromatic carbocycles. The number of nitrogens with one attached hydrogen (secondary N) is 2. The van der Waals surface area contributed by atoms with E-state index in [1.54, 1.807) is 18.2 Å². The highest BCUT2D eigenvalue weighted by molar-refractivity contribution is 5.95. The smallest absolute Gasteiger partial charge is 0.317 e. The molecule has 2 aliphatic rings. The van der Waals surface area contributed by atoms with Crippen LogP contribution >= 0.6 is 0 Å². The molecule has 28 heavy (non-hydrogen) atoms. The van der Waals surface area contributed by atoms with Gasteiger partial charge in [0.2, 0.25) is 5.91 Å². The number of urea groups is 1. The summed E-state index contributed by atoms with van der Waals surface area (Å²) in [6.07, 6.45) is 8.90. The van der Waals surface area contributed by atoms with Crippen LogP contribution < -0.4 is 10.6 Å². The molecule has 1 aliphatic heterocycles. The van der Waals surface area contributed by atoms with Gasteiger partial charge in [-0.15, -0.1) is 0 Å². The lowest BCUT2D eigenvalue weighted by Gasteiger charge is -2.34. The van der Waals surface area contributed by atoms with Gasteiger partial charge in [-0.3, -0.25) is 4.79 Å². The number of rotatable bonds is 4. The summed E-state index contributed by atoms with van der Waals surface area (Å²) in [6, 6.07) is 6.53. The number of nitrogens with zero attached hydrogens (tertiary/aromatic N) is 1. The maximum Gasteiger partial charge on any atom is 0.317 e. The second-order valence-corrected chi connectivity index (χ2v) is 7.89. The third-order valence-electron chi connectivity index (χ3n) is 5.71. The molecule has 2 N–H and O–H groups in total. The molecule has 1 heterocycles. The van der Waals surface area contributed by atoms with E-state index in [-0.39, 0.29) is 23.8 Å². The zero-order valence-corrected chi connectivity index (χ0v) is 16.5. The van der Waals surface area contributed by atoms with E-state index in [0.29, 0.717) is 19.1 Å². The fourth-order valence-corrected chi connectivity index (χ4v) is 3.98. The van der Waals surface area contributed by atoms with Crippen LogP contribution in [0.25, 0.3) is 5.57 Å². The molecule has 5 nitrogen and oxygen atoms in total. The van der Waals surface area contributed by atoms with Gasteiger partial charge in [-0.05, 0) is 55.9 Å². The largest absolute Gasteiger partial charge is 0.350 e. The van der Waals surface area contributed by atoms with Gasteiger partial charge in [0.15, 0.2) is 0 Å². The lowest BCUT2D eigenvalue weighted by Crippen LogP contribution is -2.51. The Labute approximate surface area is 166 Å². The predicted octanol–water partition coefficient (Wildman–Crippen LogP) is 3.85. The van der Waals surface area contributed by atoms with Crippen LogP contribution in [0.1, 0.15) is 57.4 Å². The van der Waals surface area contributed by atoms with E-state index >= 15 is 0 Å². The maximum atomic E-state index is 13.0. The number of amides is 3. The molecule has 1 aliphatic carbocycles. The van der Waals surface area contributed by atoms with Gasteiger partial charge < -0.3 is 15.5 Å². The molecule has 0 radical (unpaired) electrons. The third kappa shape index (κ3) is 5.81. The van der Waals surface area contributed by atoms with E-state index < -0.39 is 0 Å². The van der Waals surface area contributed by atoms with Gasteiger partial charge in [-0.1, -0.05) is 31.4 Å². The van der Waals surface area contributed by atoms with Gasteiger partial charge in [0.1, 0.15) is 5.82 Å². The van der Waals surface area contributed by atoms with Gasteiger partial charge in [0, 0.05) is 31.2 Å². The van der Waals surface area contributed by atoms with E-state index in [9.17, 15) is 14.0 Å². The van der Waals surface area contributed by atoms with Crippen molar-refractivity contribution in [3.8, 4) is 0 Å². The van der Waals surface area contributed by atoms with Crippen molar-refractivity contribution in [3.05, 3.63) is 41.7 Å². The summed E-state index contributed by atoms with van der Waals surface area (Å²) in [7, 11) is 0. The SMILES string of the molecule is C/C(=C\C(=O)NC1CCN(C(=O)NC2CCCCC2)CC1)c1ccc(F)cc1. The minimum atomic E-state index is -0.291. The molecule has 0 spiro atoms. The zero-order valence-electron chi connectivity index (χ0n) is 16.5. The molecule has 1 aromatic rings. The molecule has 1 saturated carbocycles. The average Bonchev–Trinajstić information content (AvgIpc) is 2.69. The minimum absolute atomic E-state index is 0.0312. The van der Waals surface area contributed by atoms with Crippen LogP contribution in [0, 0.1) is 5.82 Å². The molecule has 3 amide bonds. The predicted molar refractivity (Wildman–Crippen MR) is 108 cm³/mol. The number of piperidine rings is 1. The van der Waals surface area contributed by atoms with Crippen LogP contribution in [0.15, 0.2) is 30.3 Å². The Morgan fingerprint density at radius 2 is 1.57 bits per heavy atom. The van der Waals surface area contributed by atoms with E-state index in [1.165, 1.54) is 31.4 Å². The molecule has 0 atom stereocenters. The van der Waals surface area contributed by atoms with Gasteiger partial charge in [-0.2, -0.15) is 0 Å². The van der Waals surface area contributed by atoms with Gasteiger partial charge in [0.05, 0.1) is 0 Å². The van der Waals surface area contributed by atoms with Crippen molar-refractivity contribution < 1.29 is 14.0 Å². The van der Waals surface area contributed by atoms with Crippen LogP contribution in [0.4, 0.5) is 9.18 Å². The normalized spacial score (nSPS) is 19.4. The number of benzene rings is 1. The molecular weight excluding hydrogens is 357 g/mol. The van der Waals surface area contributed by atoms with Crippen molar-refractivity contribution in [2.45, 2.75) is 64.0 Å². The maximum absolute atomic E-state index is 13.0. The molecular formula is C22H30FN3O2. The minimum Gasteiger partial charge on any atom is -0.350 e. The van der Waals surface area contributed by atoms with Crippen molar-refractivity contribution in [1.29, 1.82) is 0 Å². The van der Waals surface area contributed by atoms with Crippen molar-refractivity contribution >= 4 is 17.5 Å². The highest BCUT2D eigenvalue weighted by Gasteiger charge is 2.25. The Morgan fingerprint density at radius 1 is 0.964 bits per heavy atom. The third-order valence-corrected chi connectivity index (χ3v) is 5.71. The van der Waals surface area contributed by atoms with Crippen molar-refractivity contribution in [2.24, 2.45) is 0 Å². The first-order valence-corrected chi connectivity index (χ1v) is 10.3. The lowest BCUT2D eigenvalue weighted by atomic mass is 9.95.